The summed E-state index contributed by atoms with van der Waals surface area (Å²) in [7, 11) is 0. The summed E-state index contributed by atoms with van der Waals surface area (Å²) in [5, 5.41) is 0.851. The van der Waals surface area contributed by atoms with Crippen LogP contribution < -0.4 is 0 Å². The first-order valence-corrected chi connectivity index (χ1v) is 9.17. The quantitative estimate of drug-likeness (QED) is 0.577. The number of nitrogens with zero attached hydrogens (tertiary/aromatic N) is 1. The molecule has 2 rings (SSSR count). The summed E-state index contributed by atoms with van der Waals surface area (Å²) < 4.78 is 0. The van der Waals surface area contributed by atoms with E-state index in [1.807, 2.05) is 4.90 Å². The first-order chi connectivity index (χ1) is 9.26. The van der Waals surface area contributed by atoms with Crippen molar-refractivity contribution in [2.75, 3.05) is 18.4 Å². The molecule has 0 spiro atoms. The van der Waals surface area contributed by atoms with Crippen LogP contribution in [0.25, 0.3) is 0 Å². The molecule has 0 aliphatic heterocycles. The van der Waals surface area contributed by atoms with Crippen molar-refractivity contribution in [2.45, 2.75) is 45.4 Å². The number of hydrogen-bond donors (Lipinski definition) is 0. The third-order valence-corrected chi connectivity index (χ3v) is 5.17. The fourth-order valence-electron chi connectivity index (χ4n) is 2.62. The van der Waals surface area contributed by atoms with Gasteiger partial charge in [0.2, 0.25) is 0 Å². The van der Waals surface area contributed by atoms with Crippen LogP contribution in [0.2, 0.25) is 0 Å². The molecule has 2 nitrogen and oxygen atoms in total. The Hall–Kier alpha value is -0.350. The van der Waals surface area contributed by atoms with Crippen molar-refractivity contribution in [3.05, 3.63) is 21.4 Å². The second kappa shape index (κ2) is 7.44. The lowest BCUT2D eigenvalue weighted by Crippen LogP contribution is -2.32. The molecule has 0 N–H and O–H groups in total. The number of halogens is 1. The van der Waals surface area contributed by atoms with E-state index < -0.39 is 0 Å². The van der Waals surface area contributed by atoms with E-state index in [9.17, 15) is 4.79 Å². The zero-order chi connectivity index (χ0) is 13.7. The summed E-state index contributed by atoms with van der Waals surface area (Å²) in [6, 6.07) is 2.16. The molecule has 1 aliphatic carbocycles. The van der Waals surface area contributed by atoms with Gasteiger partial charge in [-0.2, -0.15) is 0 Å². The number of rotatable bonds is 5. The van der Waals surface area contributed by atoms with Gasteiger partial charge in [0.25, 0.3) is 5.91 Å². The van der Waals surface area contributed by atoms with Gasteiger partial charge in [-0.3, -0.25) is 4.79 Å². The molecule has 1 aliphatic rings. The van der Waals surface area contributed by atoms with Crippen LogP contribution in [-0.4, -0.2) is 29.2 Å². The highest BCUT2D eigenvalue weighted by Gasteiger charge is 2.20. The topological polar surface area (TPSA) is 20.3 Å². The summed E-state index contributed by atoms with van der Waals surface area (Å²) in [6.07, 6.45) is 7.23. The predicted molar refractivity (Wildman–Crippen MR) is 85.6 cm³/mol. The molecule has 0 saturated carbocycles. The van der Waals surface area contributed by atoms with Gasteiger partial charge in [0.15, 0.2) is 0 Å². The Balaban J connectivity index is 2.14. The highest BCUT2D eigenvalue weighted by atomic mass is 79.9. The van der Waals surface area contributed by atoms with E-state index in [1.54, 1.807) is 11.3 Å². The number of hydrogen-bond acceptors (Lipinski definition) is 2. The highest BCUT2D eigenvalue weighted by Crippen LogP contribution is 2.29. The molecule has 19 heavy (non-hydrogen) atoms. The minimum Gasteiger partial charge on any atom is -0.337 e. The SMILES string of the molecule is CCCN(CCBr)C(=O)c1cc2c(s1)CCCCC2. The Morgan fingerprint density at radius 2 is 2.11 bits per heavy atom. The molecule has 4 heteroatoms. The van der Waals surface area contributed by atoms with Gasteiger partial charge in [0, 0.05) is 23.3 Å². The first kappa shape index (κ1) is 15.0. The monoisotopic (exact) mass is 343 g/mol. The second-order valence-electron chi connectivity index (χ2n) is 5.10. The van der Waals surface area contributed by atoms with Gasteiger partial charge in [0.05, 0.1) is 4.88 Å². The number of alkyl halides is 1. The smallest absolute Gasteiger partial charge is 0.263 e. The molecule has 0 bridgehead atoms. The summed E-state index contributed by atoms with van der Waals surface area (Å²) >= 11 is 5.17. The van der Waals surface area contributed by atoms with Crippen LogP contribution in [0.15, 0.2) is 6.07 Å². The molecular weight excluding hydrogens is 322 g/mol. The Labute approximate surface area is 128 Å². The number of carbonyl (C=O) groups is 1. The fraction of sp³-hybridized carbons (Fsp3) is 0.667. The van der Waals surface area contributed by atoms with Crippen molar-refractivity contribution >= 4 is 33.2 Å². The normalized spacial score (nSPS) is 14.8. The number of thiophene rings is 1. The molecule has 0 unspecified atom stereocenters. The van der Waals surface area contributed by atoms with Crippen LogP contribution in [0, 0.1) is 0 Å². The molecule has 1 amide bonds. The minimum absolute atomic E-state index is 0.222. The third kappa shape index (κ3) is 3.82. The first-order valence-electron chi connectivity index (χ1n) is 7.23. The Kier molecular flexibility index (Phi) is 5.89. The number of amides is 1. The van der Waals surface area contributed by atoms with E-state index in [1.165, 1.54) is 36.1 Å². The molecule has 1 heterocycles. The van der Waals surface area contributed by atoms with E-state index in [2.05, 4.69) is 28.9 Å². The van der Waals surface area contributed by atoms with Crippen molar-refractivity contribution in [1.82, 2.24) is 4.90 Å². The van der Waals surface area contributed by atoms with Crippen molar-refractivity contribution in [3.63, 3.8) is 0 Å². The fourth-order valence-corrected chi connectivity index (χ4v) is 4.27. The van der Waals surface area contributed by atoms with Gasteiger partial charge in [0.1, 0.15) is 0 Å². The molecule has 1 aromatic heterocycles. The summed E-state index contributed by atoms with van der Waals surface area (Å²) in [5.41, 5.74) is 1.43. The van der Waals surface area contributed by atoms with Gasteiger partial charge < -0.3 is 4.90 Å². The highest BCUT2D eigenvalue weighted by molar-refractivity contribution is 9.09. The van der Waals surface area contributed by atoms with Gasteiger partial charge in [-0.05, 0) is 43.7 Å². The average molecular weight is 344 g/mol. The Bertz CT molecular complexity index is 400. The molecular formula is C15H22BrNOS. The minimum atomic E-state index is 0.222. The van der Waals surface area contributed by atoms with Crippen molar-refractivity contribution in [2.24, 2.45) is 0 Å². The average Bonchev–Trinajstić information content (AvgIpc) is 2.69. The maximum absolute atomic E-state index is 12.5. The van der Waals surface area contributed by atoms with E-state index in [4.69, 9.17) is 0 Å². The molecule has 0 atom stereocenters. The zero-order valence-electron chi connectivity index (χ0n) is 11.6. The Morgan fingerprint density at radius 1 is 1.32 bits per heavy atom. The standard InChI is InChI=1S/C15H22BrNOS/c1-2-9-17(10-8-16)15(18)14-11-12-6-4-3-5-7-13(12)19-14/h11H,2-10H2,1H3. The number of carbonyl (C=O) groups excluding carboxylic acids is 1. The van der Waals surface area contributed by atoms with E-state index >= 15 is 0 Å². The largest absolute Gasteiger partial charge is 0.337 e. The molecule has 0 fully saturated rings. The zero-order valence-corrected chi connectivity index (χ0v) is 14.0. The van der Waals surface area contributed by atoms with Gasteiger partial charge in [-0.1, -0.05) is 29.3 Å². The van der Waals surface area contributed by atoms with Crippen molar-refractivity contribution in [3.8, 4) is 0 Å². The van der Waals surface area contributed by atoms with Crippen LogP contribution in [0.1, 0.15) is 52.7 Å². The lowest BCUT2D eigenvalue weighted by molar-refractivity contribution is 0.0771. The van der Waals surface area contributed by atoms with Crippen LogP contribution in [-0.2, 0) is 12.8 Å². The van der Waals surface area contributed by atoms with E-state index in [0.29, 0.717) is 0 Å². The van der Waals surface area contributed by atoms with Crippen LogP contribution in [0.5, 0.6) is 0 Å². The molecule has 0 aromatic carbocycles. The molecule has 106 valence electrons. The lowest BCUT2D eigenvalue weighted by atomic mass is 10.1. The van der Waals surface area contributed by atoms with E-state index in [-0.39, 0.29) is 5.91 Å². The van der Waals surface area contributed by atoms with E-state index in [0.717, 1.165) is 36.1 Å². The van der Waals surface area contributed by atoms with Crippen LogP contribution >= 0.6 is 27.3 Å². The molecule has 0 radical (unpaired) electrons. The number of aryl methyl sites for hydroxylation is 2. The van der Waals surface area contributed by atoms with Gasteiger partial charge >= 0.3 is 0 Å². The summed E-state index contributed by atoms with van der Waals surface area (Å²) in [6.45, 7) is 3.78. The maximum atomic E-state index is 12.5. The molecule has 0 saturated heterocycles. The van der Waals surface area contributed by atoms with Gasteiger partial charge in [-0.25, -0.2) is 0 Å². The van der Waals surface area contributed by atoms with Crippen LogP contribution in [0.3, 0.4) is 0 Å². The summed E-state index contributed by atoms with van der Waals surface area (Å²) in [5.74, 6) is 0.222. The van der Waals surface area contributed by atoms with Crippen LogP contribution in [0.4, 0.5) is 0 Å². The number of fused-ring (bicyclic) bond motifs is 1. The summed E-state index contributed by atoms with van der Waals surface area (Å²) in [4.78, 5) is 16.9. The predicted octanol–water partition coefficient (Wildman–Crippen LogP) is 4.26. The van der Waals surface area contributed by atoms with Crippen molar-refractivity contribution < 1.29 is 4.79 Å². The van der Waals surface area contributed by atoms with Gasteiger partial charge in [-0.15, -0.1) is 11.3 Å². The lowest BCUT2D eigenvalue weighted by Gasteiger charge is -2.20. The van der Waals surface area contributed by atoms with Crippen molar-refractivity contribution in [1.29, 1.82) is 0 Å². The second-order valence-corrected chi connectivity index (χ2v) is 7.03. The third-order valence-electron chi connectivity index (χ3n) is 3.59. The Morgan fingerprint density at radius 3 is 2.84 bits per heavy atom. The maximum Gasteiger partial charge on any atom is 0.263 e. The molecule has 1 aromatic rings.